The summed E-state index contributed by atoms with van der Waals surface area (Å²) < 4.78 is 0. The van der Waals surface area contributed by atoms with Gasteiger partial charge in [-0.05, 0) is 55.9 Å². The monoisotopic (exact) mass is 419 g/mol. The van der Waals surface area contributed by atoms with E-state index in [-0.39, 0.29) is 30.2 Å². The largest absolute Gasteiger partial charge is 0.392 e. The first-order chi connectivity index (χ1) is 14.1. The number of carbonyl (C=O) groups is 3. The van der Waals surface area contributed by atoms with Crippen molar-refractivity contribution < 1.29 is 19.5 Å². The predicted octanol–water partition coefficient (Wildman–Crippen LogP) is 2.96. The van der Waals surface area contributed by atoms with E-state index in [0.29, 0.717) is 12.1 Å². The van der Waals surface area contributed by atoms with Crippen LogP contribution < -0.4 is 16.0 Å². The van der Waals surface area contributed by atoms with Crippen molar-refractivity contribution in [2.24, 2.45) is 5.92 Å². The highest BCUT2D eigenvalue weighted by Crippen LogP contribution is 2.21. The van der Waals surface area contributed by atoms with Crippen LogP contribution in [0.3, 0.4) is 0 Å². The maximum Gasteiger partial charge on any atom is 0.246 e. The number of carbonyl (C=O) groups excluding carboxylic acids is 3. The minimum absolute atomic E-state index is 0.0614. The number of nitrogens with one attached hydrogen (secondary N) is 3. The van der Waals surface area contributed by atoms with Crippen LogP contribution in [0.4, 0.5) is 5.69 Å². The molecule has 1 aromatic rings. The van der Waals surface area contributed by atoms with Gasteiger partial charge in [0.15, 0.2) is 0 Å². The molecule has 7 heteroatoms. The zero-order valence-electron chi connectivity index (χ0n) is 19.1. The first-order valence-corrected chi connectivity index (χ1v) is 10.7. The molecule has 0 bridgehead atoms. The van der Waals surface area contributed by atoms with Gasteiger partial charge in [0.05, 0.1) is 6.61 Å². The molecule has 3 amide bonds. The Kier molecular flexibility index (Phi) is 10.5. The van der Waals surface area contributed by atoms with Gasteiger partial charge in [0.1, 0.15) is 12.1 Å². The normalized spacial score (nSPS) is 12.9. The van der Waals surface area contributed by atoms with Gasteiger partial charge < -0.3 is 21.1 Å². The van der Waals surface area contributed by atoms with Gasteiger partial charge in [0.2, 0.25) is 17.7 Å². The number of anilines is 1. The van der Waals surface area contributed by atoms with E-state index in [9.17, 15) is 19.5 Å². The molecule has 0 aliphatic carbocycles. The Bertz CT molecular complexity index is 746. The molecule has 1 rings (SSSR count). The number of aliphatic hydroxyl groups is 1. The lowest BCUT2D eigenvalue weighted by atomic mass is 10.0. The van der Waals surface area contributed by atoms with Gasteiger partial charge in [-0.25, -0.2) is 0 Å². The van der Waals surface area contributed by atoms with Crippen LogP contribution in [0.5, 0.6) is 0 Å². The highest BCUT2D eigenvalue weighted by atomic mass is 16.3. The molecule has 0 spiro atoms. The van der Waals surface area contributed by atoms with E-state index in [2.05, 4.69) is 22.9 Å². The molecule has 0 radical (unpaired) electrons. The number of aryl methyl sites for hydroxylation is 2. The fraction of sp³-hybridized carbons (Fsp3) is 0.609. The van der Waals surface area contributed by atoms with Crippen LogP contribution in [0.15, 0.2) is 12.1 Å². The number of unbranched alkanes of at least 4 members (excludes halogenated alkanes) is 2. The maximum absolute atomic E-state index is 12.7. The van der Waals surface area contributed by atoms with E-state index in [4.69, 9.17) is 0 Å². The third-order valence-electron chi connectivity index (χ3n) is 5.14. The number of aliphatic hydroxyl groups excluding tert-OH is 1. The molecule has 0 fully saturated rings. The first-order valence-electron chi connectivity index (χ1n) is 10.7. The maximum atomic E-state index is 12.7. The van der Waals surface area contributed by atoms with Crippen molar-refractivity contribution in [2.75, 3.05) is 5.32 Å². The zero-order valence-corrected chi connectivity index (χ0v) is 19.1. The standard InChI is InChI=1S/C23H37N3O4/c1-7-8-9-10-20(28)26-21(14(2)3)23(30)24-17(6)22(29)25-19-12-15(4)18(13-27)11-16(19)5/h11-12,14,17,21,27H,7-10,13H2,1-6H3,(H,24,30)(H,25,29)(H,26,28)/t17-,21-/m0/s1. The second kappa shape index (κ2) is 12.3. The number of amides is 3. The summed E-state index contributed by atoms with van der Waals surface area (Å²) in [4.78, 5) is 37.4. The Morgan fingerprint density at radius 1 is 0.967 bits per heavy atom. The number of rotatable bonds is 11. The first kappa shape index (κ1) is 25.6. The van der Waals surface area contributed by atoms with Crippen molar-refractivity contribution in [2.45, 2.75) is 85.9 Å². The zero-order chi connectivity index (χ0) is 22.8. The Balaban J connectivity index is 2.73. The predicted molar refractivity (Wildman–Crippen MR) is 119 cm³/mol. The fourth-order valence-electron chi connectivity index (χ4n) is 3.11. The number of benzene rings is 1. The summed E-state index contributed by atoms with van der Waals surface area (Å²) in [5.41, 5.74) is 3.15. The molecule has 2 atom stereocenters. The molecule has 0 saturated carbocycles. The molecular formula is C23H37N3O4. The number of hydrogen-bond acceptors (Lipinski definition) is 4. The van der Waals surface area contributed by atoms with Crippen molar-refractivity contribution in [3.8, 4) is 0 Å². The van der Waals surface area contributed by atoms with Gasteiger partial charge in [-0.1, -0.05) is 39.7 Å². The van der Waals surface area contributed by atoms with Gasteiger partial charge in [-0.3, -0.25) is 14.4 Å². The molecule has 0 aliphatic rings. The lowest BCUT2D eigenvalue weighted by molar-refractivity contribution is -0.131. The third-order valence-corrected chi connectivity index (χ3v) is 5.14. The van der Waals surface area contributed by atoms with E-state index in [1.165, 1.54) is 0 Å². The van der Waals surface area contributed by atoms with Crippen LogP contribution >= 0.6 is 0 Å². The molecule has 0 unspecified atom stereocenters. The topological polar surface area (TPSA) is 108 Å². The summed E-state index contributed by atoms with van der Waals surface area (Å²) in [5, 5.41) is 17.7. The molecule has 0 heterocycles. The van der Waals surface area contributed by atoms with Crippen LogP contribution in [0.2, 0.25) is 0 Å². The summed E-state index contributed by atoms with van der Waals surface area (Å²) in [6.45, 7) is 11.0. The third kappa shape index (κ3) is 7.78. The van der Waals surface area contributed by atoms with E-state index in [1.807, 2.05) is 33.8 Å². The molecular weight excluding hydrogens is 382 g/mol. The van der Waals surface area contributed by atoms with Crippen LogP contribution in [-0.4, -0.2) is 34.9 Å². The molecule has 1 aromatic carbocycles. The minimum Gasteiger partial charge on any atom is -0.392 e. The Labute approximate surface area is 180 Å². The Morgan fingerprint density at radius 2 is 1.63 bits per heavy atom. The van der Waals surface area contributed by atoms with Crippen molar-refractivity contribution in [1.82, 2.24) is 10.6 Å². The van der Waals surface area contributed by atoms with Crippen molar-refractivity contribution >= 4 is 23.4 Å². The lowest BCUT2D eigenvalue weighted by Crippen LogP contribution is -2.53. The summed E-state index contributed by atoms with van der Waals surface area (Å²) in [6.07, 6.45) is 3.18. The minimum atomic E-state index is -0.770. The molecule has 7 nitrogen and oxygen atoms in total. The van der Waals surface area contributed by atoms with Gasteiger partial charge in [0, 0.05) is 12.1 Å². The summed E-state index contributed by atoms with van der Waals surface area (Å²) in [5.74, 6) is -0.977. The molecule has 4 N–H and O–H groups in total. The van der Waals surface area contributed by atoms with Gasteiger partial charge in [-0.15, -0.1) is 0 Å². The Hall–Kier alpha value is -2.41. The second-order valence-electron chi connectivity index (χ2n) is 8.22. The molecule has 0 saturated heterocycles. The lowest BCUT2D eigenvalue weighted by Gasteiger charge is -2.24. The molecule has 168 valence electrons. The van der Waals surface area contributed by atoms with E-state index in [0.717, 1.165) is 36.0 Å². The highest BCUT2D eigenvalue weighted by Gasteiger charge is 2.27. The number of hydrogen-bond donors (Lipinski definition) is 4. The van der Waals surface area contributed by atoms with Crippen molar-refractivity contribution in [3.05, 3.63) is 28.8 Å². The fourth-order valence-corrected chi connectivity index (χ4v) is 3.11. The average Bonchev–Trinajstić information content (AvgIpc) is 2.68. The summed E-state index contributed by atoms with van der Waals surface area (Å²) >= 11 is 0. The molecule has 0 aliphatic heterocycles. The SMILES string of the molecule is CCCCCC(=O)N[C@H](C(=O)N[C@@H](C)C(=O)Nc1cc(C)c(CO)cc1C)C(C)C. The van der Waals surface area contributed by atoms with E-state index < -0.39 is 12.1 Å². The van der Waals surface area contributed by atoms with E-state index >= 15 is 0 Å². The summed E-state index contributed by atoms with van der Waals surface area (Å²) in [7, 11) is 0. The van der Waals surface area contributed by atoms with Gasteiger partial charge >= 0.3 is 0 Å². The Morgan fingerprint density at radius 3 is 2.20 bits per heavy atom. The van der Waals surface area contributed by atoms with Crippen LogP contribution in [0, 0.1) is 19.8 Å². The van der Waals surface area contributed by atoms with Crippen LogP contribution in [0.1, 0.15) is 70.1 Å². The van der Waals surface area contributed by atoms with E-state index in [1.54, 1.807) is 13.0 Å². The molecule has 30 heavy (non-hydrogen) atoms. The second-order valence-corrected chi connectivity index (χ2v) is 8.22. The van der Waals surface area contributed by atoms with Gasteiger partial charge in [-0.2, -0.15) is 0 Å². The smallest absolute Gasteiger partial charge is 0.246 e. The van der Waals surface area contributed by atoms with Gasteiger partial charge in [0.25, 0.3) is 0 Å². The molecule has 0 aromatic heterocycles. The van der Waals surface area contributed by atoms with Crippen molar-refractivity contribution in [3.63, 3.8) is 0 Å². The summed E-state index contributed by atoms with van der Waals surface area (Å²) in [6, 6.07) is 2.17. The van der Waals surface area contributed by atoms with Crippen LogP contribution in [-0.2, 0) is 21.0 Å². The average molecular weight is 420 g/mol. The highest BCUT2D eigenvalue weighted by molar-refractivity contribution is 5.98. The van der Waals surface area contributed by atoms with Crippen LogP contribution in [0.25, 0.3) is 0 Å². The van der Waals surface area contributed by atoms with Crippen molar-refractivity contribution in [1.29, 1.82) is 0 Å². The quantitative estimate of drug-likeness (QED) is 0.414.